The molecule has 1 saturated heterocycles. The highest BCUT2D eigenvalue weighted by atomic mass is 32.2. The summed E-state index contributed by atoms with van der Waals surface area (Å²) in [7, 11) is 0. The summed E-state index contributed by atoms with van der Waals surface area (Å²) in [6.45, 7) is 2.12. The Morgan fingerprint density at radius 3 is 2.51 bits per heavy atom. The number of nitrogens with one attached hydrogen (secondary N) is 2. The Hall–Kier alpha value is -3.38. The number of nitrogens with zero attached hydrogens (tertiary/aromatic N) is 3. The van der Waals surface area contributed by atoms with Crippen LogP contribution in [0.4, 0.5) is 10.9 Å². The van der Waals surface area contributed by atoms with E-state index in [1.807, 2.05) is 72.9 Å². The number of piperidine rings is 1. The summed E-state index contributed by atoms with van der Waals surface area (Å²) in [4.78, 5) is 11.6. The predicted octanol–water partition coefficient (Wildman–Crippen LogP) is 6.64. The molecule has 0 amide bonds. The zero-order valence-electron chi connectivity index (χ0n) is 19.1. The second kappa shape index (κ2) is 11.4. The van der Waals surface area contributed by atoms with Gasteiger partial charge in [0.1, 0.15) is 11.6 Å². The van der Waals surface area contributed by atoms with E-state index in [2.05, 4.69) is 21.7 Å². The third-order valence-corrected chi connectivity index (χ3v) is 7.62. The van der Waals surface area contributed by atoms with Gasteiger partial charge < -0.3 is 15.4 Å². The van der Waals surface area contributed by atoms with Crippen LogP contribution in [0.2, 0.25) is 0 Å². The first kappa shape index (κ1) is 23.4. The van der Waals surface area contributed by atoms with Crippen molar-refractivity contribution >= 4 is 34.0 Å². The lowest BCUT2D eigenvalue weighted by molar-refractivity contribution is 0.366. The molecule has 1 fully saturated rings. The van der Waals surface area contributed by atoms with Gasteiger partial charge >= 0.3 is 0 Å². The van der Waals surface area contributed by atoms with Crippen molar-refractivity contribution in [2.24, 2.45) is 5.92 Å². The van der Waals surface area contributed by atoms with Gasteiger partial charge in [-0.2, -0.15) is 5.26 Å². The lowest BCUT2D eigenvalue weighted by atomic mass is 9.93. The SMILES string of the molecule is N#Cc1ccc(Sc2ccc(Nc3nc(CC4CCNCC4)c(Oc4ccccc4)s3)nc2)cc1. The van der Waals surface area contributed by atoms with E-state index < -0.39 is 0 Å². The fourth-order valence-electron chi connectivity index (χ4n) is 3.91. The quantitative estimate of drug-likeness (QED) is 0.281. The van der Waals surface area contributed by atoms with E-state index in [1.54, 1.807) is 11.8 Å². The number of aromatic nitrogens is 2. The largest absolute Gasteiger partial charge is 0.445 e. The van der Waals surface area contributed by atoms with Crippen LogP contribution in [0, 0.1) is 17.2 Å². The molecule has 0 aliphatic carbocycles. The van der Waals surface area contributed by atoms with Gasteiger partial charge in [-0.1, -0.05) is 41.3 Å². The maximum atomic E-state index is 8.96. The van der Waals surface area contributed by atoms with Gasteiger partial charge in [-0.25, -0.2) is 9.97 Å². The molecule has 0 saturated carbocycles. The Balaban J connectivity index is 1.29. The number of anilines is 2. The standard InChI is InChI=1S/C27H25N5OS2/c28-17-20-6-8-22(9-7-20)34-23-10-11-25(30-18-23)32-27-31-24(16-19-12-14-29-15-13-19)26(35-27)33-21-4-2-1-3-5-21/h1-11,18-19,29H,12-16H2,(H,30,31,32). The molecular weight excluding hydrogens is 474 g/mol. The minimum absolute atomic E-state index is 0.612. The van der Waals surface area contributed by atoms with Gasteiger partial charge in [0.25, 0.3) is 0 Å². The van der Waals surface area contributed by atoms with Gasteiger partial charge in [0.15, 0.2) is 5.13 Å². The van der Waals surface area contributed by atoms with Crippen LogP contribution in [0.1, 0.15) is 24.1 Å². The normalized spacial score (nSPS) is 13.8. The van der Waals surface area contributed by atoms with E-state index >= 15 is 0 Å². The highest BCUT2D eigenvalue weighted by Crippen LogP contribution is 2.38. The van der Waals surface area contributed by atoms with Gasteiger partial charge in [0.05, 0.1) is 17.3 Å². The van der Waals surface area contributed by atoms with Crippen molar-refractivity contribution in [1.29, 1.82) is 5.26 Å². The fraction of sp³-hybridized carbons (Fsp3) is 0.222. The van der Waals surface area contributed by atoms with Crippen molar-refractivity contribution in [2.45, 2.75) is 29.1 Å². The molecule has 0 spiro atoms. The van der Waals surface area contributed by atoms with Crippen molar-refractivity contribution in [3.63, 3.8) is 0 Å². The van der Waals surface area contributed by atoms with Gasteiger partial charge in [-0.15, -0.1) is 0 Å². The van der Waals surface area contributed by atoms with Crippen molar-refractivity contribution in [1.82, 2.24) is 15.3 Å². The summed E-state index contributed by atoms with van der Waals surface area (Å²) in [5.41, 5.74) is 1.66. The molecule has 0 atom stereocenters. The number of benzene rings is 2. The Morgan fingerprint density at radius 1 is 1.03 bits per heavy atom. The van der Waals surface area contributed by atoms with E-state index in [-0.39, 0.29) is 0 Å². The van der Waals surface area contributed by atoms with Crippen LogP contribution in [-0.2, 0) is 6.42 Å². The molecule has 1 aliphatic rings. The highest BCUT2D eigenvalue weighted by molar-refractivity contribution is 7.99. The van der Waals surface area contributed by atoms with Gasteiger partial charge in [-0.05, 0) is 86.8 Å². The maximum absolute atomic E-state index is 8.96. The number of para-hydroxylation sites is 1. The number of thiazole rings is 1. The van der Waals surface area contributed by atoms with Crippen LogP contribution in [0.3, 0.4) is 0 Å². The molecule has 2 aromatic heterocycles. The zero-order chi connectivity index (χ0) is 23.9. The molecule has 0 unspecified atom stereocenters. The van der Waals surface area contributed by atoms with E-state index in [4.69, 9.17) is 15.0 Å². The van der Waals surface area contributed by atoms with E-state index in [0.717, 1.165) is 69.6 Å². The predicted molar refractivity (Wildman–Crippen MR) is 141 cm³/mol. The molecule has 4 aromatic rings. The van der Waals surface area contributed by atoms with Crippen molar-refractivity contribution < 1.29 is 4.74 Å². The molecule has 2 aromatic carbocycles. The zero-order valence-corrected chi connectivity index (χ0v) is 20.7. The monoisotopic (exact) mass is 499 g/mol. The van der Waals surface area contributed by atoms with Crippen molar-refractivity contribution in [3.05, 3.63) is 84.2 Å². The second-order valence-electron chi connectivity index (χ2n) is 8.31. The first-order valence-corrected chi connectivity index (χ1v) is 13.2. The summed E-state index contributed by atoms with van der Waals surface area (Å²) in [5, 5.41) is 17.4. The first-order chi connectivity index (χ1) is 17.2. The minimum Gasteiger partial charge on any atom is -0.445 e. The smallest absolute Gasteiger partial charge is 0.205 e. The fourth-order valence-corrected chi connectivity index (χ4v) is 5.57. The van der Waals surface area contributed by atoms with E-state index in [9.17, 15) is 0 Å². The van der Waals surface area contributed by atoms with Gasteiger partial charge in [0.2, 0.25) is 5.06 Å². The summed E-state index contributed by atoms with van der Waals surface area (Å²) in [5.74, 6) is 2.17. The molecule has 1 aliphatic heterocycles. The summed E-state index contributed by atoms with van der Waals surface area (Å²) in [6, 6.07) is 23.5. The summed E-state index contributed by atoms with van der Waals surface area (Å²) >= 11 is 3.13. The second-order valence-corrected chi connectivity index (χ2v) is 10.4. The summed E-state index contributed by atoms with van der Waals surface area (Å²) < 4.78 is 6.23. The van der Waals surface area contributed by atoms with Crippen LogP contribution in [0.25, 0.3) is 0 Å². The first-order valence-electron chi connectivity index (χ1n) is 11.6. The molecule has 8 heteroatoms. The van der Waals surface area contributed by atoms with Crippen LogP contribution in [0.15, 0.2) is 82.7 Å². The van der Waals surface area contributed by atoms with Gasteiger partial charge in [0, 0.05) is 16.0 Å². The van der Waals surface area contributed by atoms with E-state index in [0.29, 0.717) is 11.5 Å². The van der Waals surface area contributed by atoms with Crippen molar-refractivity contribution in [2.75, 3.05) is 18.4 Å². The Kier molecular flexibility index (Phi) is 7.59. The molecule has 5 rings (SSSR count). The molecule has 2 N–H and O–H groups in total. The van der Waals surface area contributed by atoms with Crippen molar-refractivity contribution in [3.8, 4) is 16.9 Å². The Morgan fingerprint density at radius 2 is 1.80 bits per heavy atom. The number of ether oxygens (including phenoxy) is 1. The average molecular weight is 500 g/mol. The van der Waals surface area contributed by atoms with Crippen LogP contribution < -0.4 is 15.4 Å². The molecule has 35 heavy (non-hydrogen) atoms. The summed E-state index contributed by atoms with van der Waals surface area (Å²) in [6.07, 6.45) is 5.07. The minimum atomic E-state index is 0.612. The van der Waals surface area contributed by atoms with Crippen LogP contribution in [0.5, 0.6) is 10.8 Å². The average Bonchev–Trinajstić information content (AvgIpc) is 3.27. The highest BCUT2D eigenvalue weighted by Gasteiger charge is 2.20. The molecule has 176 valence electrons. The molecule has 0 bridgehead atoms. The van der Waals surface area contributed by atoms with E-state index in [1.165, 1.54) is 11.3 Å². The van der Waals surface area contributed by atoms with Crippen LogP contribution >= 0.6 is 23.1 Å². The Labute approximate surface area is 213 Å². The third kappa shape index (κ3) is 6.40. The lowest BCUT2D eigenvalue weighted by Gasteiger charge is -2.21. The number of nitriles is 1. The third-order valence-electron chi connectivity index (χ3n) is 5.75. The molecular formula is C27H25N5OS2. The number of rotatable bonds is 8. The lowest BCUT2D eigenvalue weighted by Crippen LogP contribution is -2.28. The van der Waals surface area contributed by atoms with Gasteiger partial charge in [-0.3, -0.25) is 0 Å². The molecule has 0 radical (unpaired) electrons. The topological polar surface area (TPSA) is 82.9 Å². The molecule has 6 nitrogen and oxygen atoms in total. The maximum Gasteiger partial charge on any atom is 0.205 e. The number of hydrogen-bond acceptors (Lipinski definition) is 8. The number of hydrogen-bond donors (Lipinski definition) is 2. The van der Waals surface area contributed by atoms with Crippen LogP contribution in [-0.4, -0.2) is 23.1 Å². The number of pyridine rings is 1. The molecule has 3 heterocycles. The Bertz CT molecular complexity index is 1280.